The minimum absolute atomic E-state index is 0.0818. The lowest BCUT2D eigenvalue weighted by molar-refractivity contribution is 0.411. The Labute approximate surface area is 119 Å². The fraction of sp³-hybridized carbons (Fsp3) is 0.250. The highest BCUT2D eigenvalue weighted by Gasteiger charge is 2.15. The molecule has 0 saturated carbocycles. The lowest BCUT2D eigenvalue weighted by Gasteiger charge is -2.19. The summed E-state index contributed by atoms with van der Waals surface area (Å²) in [5.41, 5.74) is 3.37. The molecule has 0 spiro atoms. The van der Waals surface area contributed by atoms with Crippen LogP contribution >= 0.6 is 11.6 Å². The van der Waals surface area contributed by atoms with E-state index >= 15 is 0 Å². The molecule has 2 rings (SSSR count). The highest BCUT2D eigenvalue weighted by Crippen LogP contribution is 2.30. The lowest BCUT2D eigenvalue weighted by Crippen LogP contribution is -2.18. The van der Waals surface area contributed by atoms with Gasteiger partial charge < -0.3 is 10.1 Å². The summed E-state index contributed by atoms with van der Waals surface area (Å²) in [4.78, 5) is 0. The second-order valence-corrected chi connectivity index (χ2v) is 4.88. The molecule has 3 heteroatoms. The molecule has 0 saturated heterocycles. The molecule has 0 amide bonds. The van der Waals surface area contributed by atoms with Gasteiger partial charge in [-0.15, -0.1) is 0 Å². The number of halogens is 1. The zero-order valence-electron chi connectivity index (χ0n) is 11.4. The third-order valence-corrected chi connectivity index (χ3v) is 3.60. The Kier molecular flexibility index (Phi) is 4.46. The van der Waals surface area contributed by atoms with Gasteiger partial charge >= 0.3 is 0 Å². The average molecular weight is 276 g/mol. The maximum absolute atomic E-state index is 6.28. The molecule has 2 aromatic rings. The molecule has 0 radical (unpaired) electrons. The molecule has 1 N–H and O–H groups in total. The third kappa shape index (κ3) is 2.91. The van der Waals surface area contributed by atoms with E-state index in [0.717, 1.165) is 21.9 Å². The van der Waals surface area contributed by atoms with E-state index in [1.165, 1.54) is 5.56 Å². The first-order chi connectivity index (χ1) is 9.17. The molecule has 0 fully saturated rings. The largest absolute Gasteiger partial charge is 0.496 e. The summed E-state index contributed by atoms with van der Waals surface area (Å²) < 4.78 is 5.30. The van der Waals surface area contributed by atoms with Crippen LogP contribution in [0.2, 0.25) is 5.02 Å². The SMILES string of the molecule is CNC(c1ccc(OC)c(C)c1)c1ccccc1Cl. The Morgan fingerprint density at radius 2 is 1.89 bits per heavy atom. The van der Waals surface area contributed by atoms with Crippen LogP contribution in [0, 0.1) is 6.92 Å². The molecular formula is C16H18ClNO. The first-order valence-corrected chi connectivity index (χ1v) is 6.61. The van der Waals surface area contributed by atoms with Gasteiger partial charge in [0.15, 0.2) is 0 Å². The van der Waals surface area contributed by atoms with Crippen molar-refractivity contribution in [2.45, 2.75) is 13.0 Å². The zero-order chi connectivity index (χ0) is 13.8. The van der Waals surface area contributed by atoms with E-state index in [0.29, 0.717) is 0 Å². The molecule has 0 aliphatic carbocycles. The number of aryl methyl sites for hydroxylation is 1. The van der Waals surface area contributed by atoms with Crippen molar-refractivity contribution < 1.29 is 4.74 Å². The van der Waals surface area contributed by atoms with Crippen molar-refractivity contribution in [2.75, 3.05) is 14.2 Å². The van der Waals surface area contributed by atoms with Crippen molar-refractivity contribution in [1.29, 1.82) is 0 Å². The zero-order valence-corrected chi connectivity index (χ0v) is 12.2. The summed E-state index contributed by atoms with van der Waals surface area (Å²) in [6.45, 7) is 2.04. The van der Waals surface area contributed by atoms with Crippen LogP contribution in [0.3, 0.4) is 0 Å². The highest BCUT2D eigenvalue weighted by atomic mass is 35.5. The summed E-state index contributed by atoms with van der Waals surface area (Å²) in [5.74, 6) is 0.901. The van der Waals surface area contributed by atoms with Gasteiger partial charge in [0.25, 0.3) is 0 Å². The van der Waals surface area contributed by atoms with Gasteiger partial charge in [0.05, 0.1) is 13.2 Å². The van der Waals surface area contributed by atoms with E-state index in [2.05, 4.69) is 17.4 Å². The number of benzene rings is 2. The topological polar surface area (TPSA) is 21.3 Å². The van der Waals surface area contributed by atoms with Crippen LogP contribution in [0.1, 0.15) is 22.7 Å². The highest BCUT2D eigenvalue weighted by molar-refractivity contribution is 6.31. The van der Waals surface area contributed by atoms with Gasteiger partial charge in [0.2, 0.25) is 0 Å². The number of hydrogen-bond donors (Lipinski definition) is 1. The number of methoxy groups -OCH3 is 1. The van der Waals surface area contributed by atoms with Gasteiger partial charge in [-0.2, -0.15) is 0 Å². The lowest BCUT2D eigenvalue weighted by atomic mass is 9.97. The Hall–Kier alpha value is -1.51. The van der Waals surface area contributed by atoms with Crippen LogP contribution in [0.5, 0.6) is 5.75 Å². The third-order valence-electron chi connectivity index (χ3n) is 3.26. The van der Waals surface area contributed by atoms with Crippen LogP contribution < -0.4 is 10.1 Å². The van der Waals surface area contributed by atoms with Crippen molar-refractivity contribution in [3.8, 4) is 5.75 Å². The van der Waals surface area contributed by atoms with Gasteiger partial charge in [0, 0.05) is 5.02 Å². The average Bonchev–Trinajstić information content (AvgIpc) is 2.42. The van der Waals surface area contributed by atoms with E-state index < -0.39 is 0 Å². The van der Waals surface area contributed by atoms with Gasteiger partial charge in [-0.1, -0.05) is 41.9 Å². The molecule has 0 bridgehead atoms. The smallest absolute Gasteiger partial charge is 0.121 e. The van der Waals surface area contributed by atoms with Crippen LogP contribution in [-0.2, 0) is 0 Å². The van der Waals surface area contributed by atoms with E-state index in [4.69, 9.17) is 16.3 Å². The van der Waals surface area contributed by atoms with Crippen LogP contribution in [0.15, 0.2) is 42.5 Å². The van der Waals surface area contributed by atoms with Crippen LogP contribution in [0.25, 0.3) is 0 Å². The van der Waals surface area contributed by atoms with Crippen molar-refractivity contribution in [2.24, 2.45) is 0 Å². The molecule has 100 valence electrons. The Morgan fingerprint density at radius 3 is 2.47 bits per heavy atom. The molecule has 2 nitrogen and oxygen atoms in total. The minimum Gasteiger partial charge on any atom is -0.496 e. The minimum atomic E-state index is 0.0818. The molecule has 2 aromatic carbocycles. The molecule has 1 atom stereocenters. The summed E-state index contributed by atoms with van der Waals surface area (Å²) in [6, 6.07) is 14.2. The van der Waals surface area contributed by atoms with E-state index in [1.807, 2.05) is 44.3 Å². The number of rotatable bonds is 4. The summed E-state index contributed by atoms with van der Waals surface area (Å²) in [7, 11) is 3.62. The predicted octanol–water partition coefficient (Wildman–Crippen LogP) is 3.97. The quantitative estimate of drug-likeness (QED) is 0.912. The molecule has 0 heterocycles. The summed E-state index contributed by atoms with van der Waals surface area (Å²) >= 11 is 6.28. The second kappa shape index (κ2) is 6.09. The first-order valence-electron chi connectivity index (χ1n) is 6.23. The predicted molar refractivity (Wildman–Crippen MR) is 80.1 cm³/mol. The van der Waals surface area contributed by atoms with Gasteiger partial charge in [-0.05, 0) is 42.8 Å². The number of ether oxygens (including phenoxy) is 1. The van der Waals surface area contributed by atoms with E-state index in [9.17, 15) is 0 Å². The Morgan fingerprint density at radius 1 is 1.16 bits per heavy atom. The van der Waals surface area contributed by atoms with Crippen molar-refractivity contribution >= 4 is 11.6 Å². The molecule has 0 aliphatic rings. The first kappa shape index (κ1) is 13.9. The van der Waals surface area contributed by atoms with Crippen LogP contribution in [-0.4, -0.2) is 14.2 Å². The Balaban J connectivity index is 2.43. The molecule has 0 aromatic heterocycles. The second-order valence-electron chi connectivity index (χ2n) is 4.47. The molecular weight excluding hydrogens is 258 g/mol. The van der Waals surface area contributed by atoms with Crippen molar-refractivity contribution in [3.63, 3.8) is 0 Å². The normalized spacial score (nSPS) is 12.2. The van der Waals surface area contributed by atoms with Crippen molar-refractivity contribution in [1.82, 2.24) is 5.32 Å². The fourth-order valence-corrected chi connectivity index (χ4v) is 2.54. The van der Waals surface area contributed by atoms with E-state index in [-0.39, 0.29) is 6.04 Å². The molecule has 19 heavy (non-hydrogen) atoms. The van der Waals surface area contributed by atoms with Crippen molar-refractivity contribution in [3.05, 3.63) is 64.2 Å². The molecule has 1 unspecified atom stereocenters. The summed E-state index contributed by atoms with van der Waals surface area (Å²) in [6.07, 6.45) is 0. The maximum Gasteiger partial charge on any atom is 0.121 e. The standard InChI is InChI=1S/C16H18ClNO/c1-11-10-12(8-9-15(11)19-3)16(18-2)13-6-4-5-7-14(13)17/h4-10,16,18H,1-3H3. The van der Waals surface area contributed by atoms with Gasteiger partial charge in [0.1, 0.15) is 5.75 Å². The maximum atomic E-state index is 6.28. The van der Waals surface area contributed by atoms with Gasteiger partial charge in [-0.25, -0.2) is 0 Å². The van der Waals surface area contributed by atoms with E-state index in [1.54, 1.807) is 7.11 Å². The van der Waals surface area contributed by atoms with Crippen LogP contribution in [0.4, 0.5) is 0 Å². The number of hydrogen-bond acceptors (Lipinski definition) is 2. The Bertz CT molecular complexity index is 568. The van der Waals surface area contributed by atoms with Gasteiger partial charge in [-0.3, -0.25) is 0 Å². The summed E-state index contributed by atoms with van der Waals surface area (Å²) in [5, 5.41) is 4.09. The number of nitrogens with one attached hydrogen (secondary N) is 1. The molecule has 0 aliphatic heterocycles. The fourth-order valence-electron chi connectivity index (χ4n) is 2.29. The monoisotopic (exact) mass is 275 g/mol.